The fourth-order valence-corrected chi connectivity index (χ4v) is 2.98. The summed E-state index contributed by atoms with van der Waals surface area (Å²) in [6, 6.07) is 6.54. The fourth-order valence-electron chi connectivity index (χ4n) is 1.84. The molecular formula is C14H22FNO2S. The van der Waals surface area contributed by atoms with E-state index in [1.165, 1.54) is 6.07 Å². The number of halogens is 1. The van der Waals surface area contributed by atoms with Crippen molar-refractivity contribution in [2.75, 3.05) is 12.3 Å². The summed E-state index contributed by atoms with van der Waals surface area (Å²) in [5.74, 6) is -0.154. The molecule has 5 heteroatoms. The van der Waals surface area contributed by atoms with Crippen molar-refractivity contribution < 1.29 is 12.8 Å². The first-order chi connectivity index (χ1) is 8.86. The molecule has 1 aromatic carbocycles. The molecule has 0 bridgehead atoms. The van der Waals surface area contributed by atoms with Crippen LogP contribution in [0.3, 0.4) is 0 Å². The molecule has 0 saturated heterocycles. The van der Waals surface area contributed by atoms with Gasteiger partial charge >= 0.3 is 0 Å². The predicted molar refractivity (Wildman–Crippen MR) is 76.2 cm³/mol. The molecule has 1 atom stereocenters. The third kappa shape index (κ3) is 4.91. The van der Waals surface area contributed by atoms with Crippen LogP contribution in [0, 0.1) is 11.7 Å². The maximum absolute atomic E-state index is 13.5. The highest BCUT2D eigenvalue weighted by Gasteiger charge is 2.19. The minimum Gasteiger partial charge on any atom is -0.330 e. The van der Waals surface area contributed by atoms with Gasteiger partial charge in [-0.15, -0.1) is 0 Å². The van der Waals surface area contributed by atoms with Crippen LogP contribution in [-0.2, 0) is 16.3 Å². The molecule has 1 aromatic rings. The zero-order valence-electron chi connectivity index (χ0n) is 11.5. The number of nitrogens with two attached hydrogens (primary N) is 1. The van der Waals surface area contributed by atoms with Crippen molar-refractivity contribution >= 4 is 9.84 Å². The molecule has 0 aliphatic carbocycles. The topological polar surface area (TPSA) is 60.2 Å². The average molecular weight is 287 g/mol. The monoisotopic (exact) mass is 287 g/mol. The van der Waals surface area contributed by atoms with Gasteiger partial charge in [0.25, 0.3) is 0 Å². The largest absolute Gasteiger partial charge is 0.330 e. The van der Waals surface area contributed by atoms with Gasteiger partial charge in [0.05, 0.1) is 11.0 Å². The Hall–Kier alpha value is -0.940. The summed E-state index contributed by atoms with van der Waals surface area (Å²) < 4.78 is 37.0. The summed E-state index contributed by atoms with van der Waals surface area (Å²) in [6.45, 7) is 3.70. The standard InChI is InChI=1S/C14H22FNO2S/c1-11(2)19(17,18)8-7-12(10-16)9-13-5-3-4-6-14(13)15/h3-6,11-12H,7-10,16H2,1-2H3. The molecule has 1 rings (SSSR count). The van der Waals surface area contributed by atoms with Crippen molar-refractivity contribution in [3.63, 3.8) is 0 Å². The summed E-state index contributed by atoms with van der Waals surface area (Å²) in [6.07, 6.45) is 0.960. The van der Waals surface area contributed by atoms with E-state index in [0.717, 1.165) is 0 Å². The molecule has 1 unspecified atom stereocenters. The zero-order valence-corrected chi connectivity index (χ0v) is 12.3. The summed E-state index contributed by atoms with van der Waals surface area (Å²) in [5, 5.41) is -0.376. The number of sulfone groups is 1. The molecule has 0 amide bonds. The first-order valence-electron chi connectivity index (χ1n) is 6.52. The Balaban J connectivity index is 2.63. The second kappa shape index (κ2) is 7.01. The van der Waals surface area contributed by atoms with Crippen LogP contribution in [0.1, 0.15) is 25.8 Å². The second-order valence-corrected chi connectivity index (χ2v) is 7.78. The zero-order chi connectivity index (χ0) is 14.5. The second-order valence-electron chi connectivity index (χ2n) is 5.10. The van der Waals surface area contributed by atoms with Gasteiger partial charge in [-0.1, -0.05) is 18.2 Å². The Labute approximate surface area is 114 Å². The van der Waals surface area contributed by atoms with E-state index in [1.807, 2.05) is 0 Å². The highest BCUT2D eigenvalue weighted by Crippen LogP contribution is 2.16. The summed E-state index contributed by atoms with van der Waals surface area (Å²) in [4.78, 5) is 0. The lowest BCUT2D eigenvalue weighted by Crippen LogP contribution is -2.24. The normalized spacial score (nSPS) is 13.7. The van der Waals surface area contributed by atoms with Crippen molar-refractivity contribution in [3.8, 4) is 0 Å². The average Bonchev–Trinajstić information content (AvgIpc) is 2.36. The fraction of sp³-hybridized carbons (Fsp3) is 0.571. The maximum atomic E-state index is 13.5. The molecule has 0 aliphatic heterocycles. The molecule has 0 aromatic heterocycles. The summed E-state index contributed by atoms with van der Waals surface area (Å²) >= 11 is 0. The van der Waals surface area contributed by atoms with Gasteiger partial charge in [-0.05, 0) is 50.8 Å². The van der Waals surface area contributed by atoms with Crippen LogP contribution in [0.5, 0.6) is 0 Å². The Bertz CT molecular complexity index is 500. The van der Waals surface area contributed by atoms with Gasteiger partial charge in [0.15, 0.2) is 9.84 Å². The van der Waals surface area contributed by atoms with Gasteiger partial charge in [-0.2, -0.15) is 0 Å². The molecule has 0 radical (unpaired) electrons. The van der Waals surface area contributed by atoms with Crippen molar-refractivity contribution in [1.29, 1.82) is 0 Å². The van der Waals surface area contributed by atoms with Gasteiger partial charge in [-0.25, -0.2) is 12.8 Å². The van der Waals surface area contributed by atoms with E-state index < -0.39 is 9.84 Å². The summed E-state index contributed by atoms with van der Waals surface area (Å²) in [7, 11) is -3.06. The quantitative estimate of drug-likeness (QED) is 0.836. The molecule has 0 spiro atoms. The van der Waals surface area contributed by atoms with Gasteiger partial charge in [0.2, 0.25) is 0 Å². The van der Waals surface area contributed by atoms with E-state index >= 15 is 0 Å². The number of hydrogen-bond donors (Lipinski definition) is 1. The van der Waals surface area contributed by atoms with Crippen molar-refractivity contribution in [2.45, 2.75) is 31.9 Å². The highest BCUT2D eigenvalue weighted by molar-refractivity contribution is 7.91. The predicted octanol–water partition coefficient (Wildman–Crippen LogP) is 2.16. The molecule has 108 valence electrons. The Morgan fingerprint density at radius 1 is 1.26 bits per heavy atom. The van der Waals surface area contributed by atoms with Gasteiger partial charge < -0.3 is 5.73 Å². The van der Waals surface area contributed by atoms with Crippen molar-refractivity contribution in [2.24, 2.45) is 11.7 Å². The number of benzene rings is 1. The molecular weight excluding hydrogens is 265 g/mol. The highest BCUT2D eigenvalue weighted by atomic mass is 32.2. The molecule has 3 nitrogen and oxygen atoms in total. The first-order valence-corrected chi connectivity index (χ1v) is 8.23. The van der Waals surface area contributed by atoms with Crippen molar-refractivity contribution in [1.82, 2.24) is 0 Å². The Morgan fingerprint density at radius 3 is 2.42 bits per heavy atom. The molecule has 0 saturated carbocycles. The van der Waals surface area contributed by atoms with Crippen LogP contribution in [0.4, 0.5) is 4.39 Å². The lowest BCUT2D eigenvalue weighted by Gasteiger charge is -2.16. The Kier molecular flexibility index (Phi) is 5.94. The molecule has 0 aliphatic rings. The van der Waals surface area contributed by atoms with E-state index in [0.29, 0.717) is 24.9 Å². The van der Waals surface area contributed by atoms with Crippen LogP contribution in [0.25, 0.3) is 0 Å². The van der Waals surface area contributed by atoms with E-state index in [2.05, 4.69) is 0 Å². The third-order valence-electron chi connectivity index (χ3n) is 3.33. The third-order valence-corrected chi connectivity index (χ3v) is 5.57. The SMILES string of the molecule is CC(C)S(=O)(=O)CCC(CN)Cc1ccccc1F. The summed E-state index contributed by atoms with van der Waals surface area (Å²) in [5.41, 5.74) is 6.26. The van der Waals surface area contributed by atoms with Crippen LogP contribution < -0.4 is 5.73 Å². The van der Waals surface area contributed by atoms with Crippen molar-refractivity contribution in [3.05, 3.63) is 35.6 Å². The minimum absolute atomic E-state index is 0.00887. The van der Waals surface area contributed by atoms with Crippen LogP contribution in [0.2, 0.25) is 0 Å². The molecule has 0 fully saturated rings. The van der Waals surface area contributed by atoms with E-state index in [4.69, 9.17) is 5.73 Å². The van der Waals surface area contributed by atoms with E-state index in [1.54, 1.807) is 32.0 Å². The first kappa shape index (κ1) is 16.1. The van der Waals surface area contributed by atoms with Gasteiger partial charge in [0.1, 0.15) is 5.82 Å². The van der Waals surface area contributed by atoms with E-state index in [-0.39, 0.29) is 22.7 Å². The lowest BCUT2D eigenvalue weighted by atomic mass is 9.97. The number of rotatable bonds is 7. The molecule has 0 heterocycles. The number of hydrogen-bond acceptors (Lipinski definition) is 3. The van der Waals surface area contributed by atoms with Crippen LogP contribution >= 0.6 is 0 Å². The van der Waals surface area contributed by atoms with Gasteiger partial charge in [-0.3, -0.25) is 0 Å². The van der Waals surface area contributed by atoms with Gasteiger partial charge in [0, 0.05) is 0 Å². The van der Waals surface area contributed by atoms with Crippen LogP contribution in [-0.4, -0.2) is 26.0 Å². The van der Waals surface area contributed by atoms with Crippen LogP contribution in [0.15, 0.2) is 24.3 Å². The smallest absolute Gasteiger partial charge is 0.152 e. The Morgan fingerprint density at radius 2 is 1.89 bits per heavy atom. The lowest BCUT2D eigenvalue weighted by molar-refractivity contribution is 0.495. The molecule has 2 N–H and O–H groups in total. The maximum Gasteiger partial charge on any atom is 0.152 e. The molecule has 19 heavy (non-hydrogen) atoms. The van der Waals surface area contributed by atoms with E-state index in [9.17, 15) is 12.8 Å². The minimum atomic E-state index is -3.06.